The predicted octanol–water partition coefficient (Wildman–Crippen LogP) is 6.45. The zero-order valence-corrected chi connectivity index (χ0v) is 18.2. The molecule has 1 N–H and O–H groups in total. The van der Waals surface area contributed by atoms with Crippen LogP contribution in [0.5, 0.6) is 0 Å². The van der Waals surface area contributed by atoms with Gasteiger partial charge in [-0.25, -0.2) is 0 Å². The van der Waals surface area contributed by atoms with Gasteiger partial charge in [-0.15, -0.1) is 0 Å². The van der Waals surface area contributed by atoms with E-state index in [9.17, 15) is 5.11 Å². The average molecular weight is 379 g/mol. The summed E-state index contributed by atoms with van der Waals surface area (Å²) in [5.41, 5.74) is 4.60. The van der Waals surface area contributed by atoms with Gasteiger partial charge in [0.05, 0.1) is 0 Å². The molecule has 152 valence electrons. The van der Waals surface area contributed by atoms with Gasteiger partial charge in [-0.3, -0.25) is 0 Å². The smallest absolute Gasteiger partial charge is 0.0473 e. The lowest BCUT2D eigenvalue weighted by Gasteiger charge is -2.61. The third kappa shape index (κ3) is 1.59. The quantitative estimate of drug-likeness (QED) is 0.520. The van der Waals surface area contributed by atoms with Crippen molar-refractivity contribution in [2.24, 2.45) is 44.8 Å². The minimum Gasteiger partial charge on any atom is -0.396 e. The van der Waals surface area contributed by atoms with Crippen LogP contribution in [0.3, 0.4) is 0 Å². The van der Waals surface area contributed by atoms with Crippen LogP contribution in [0.2, 0.25) is 0 Å². The third-order valence-electron chi connectivity index (χ3n) is 11.6. The van der Waals surface area contributed by atoms with Crippen LogP contribution in [0.1, 0.15) is 78.6 Å². The van der Waals surface area contributed by atoms with Gasteiger partial charge in [-0.2, -0.15) is 0 Å². The SMILES string of the molecule is C=C1C=C2C3(CCC4CC=CC5(C1C5(C)C)C24C)CCC1(CCCC1)C3CO. The van der Waals surface area contributed by atoms with Crippen molar-refractivity contribution < 1.29 is 5.11 Å². The first-order chi connectivity index (χ1) is 13.3. The summed E-state index contributed by atoms with van der Waals surface area (Å²) in [5, 5.41) is 10.8. The minimum atomic E-state index is 0.231. The van der Waals surface area contributed by atoms with Crippen LogP contribution in [-0.2, 0) is 0 Å². The van der Waals surface area contributed by atoms with Crippen molar-refractivity contribution in [3.05, 3.63) is 36.0 Å². The van der Waals surface area contributed by atoms with E-state index in [1.807, 2.05) is 0 Å². The Morgan fingerprint density at radius 2 is 1.82 bits per heavy atom. The van der Waals surface area contributed by atoms with E-state index in [-0.39, 0.29) is 16.2 Å². The Morgan fingerprint density at radius 3 is 2.54 bits per heavy atom. The standard InChI is InChI=1S/C27H38O/c1-18-16-20-24(4)19(8-7-12-27(24)22(18)23(27,2)3)9-13-26(20)15-14-25(21(26)17-28)10-5-6-11-25/h7,12,16,19,21-22,28H,1,5-6,8-11,13-15,17H2,2-4H3. The lowest BCUT2D eigenvalue weighted by Crippen LogP contribution is -2.54. The molecule has 28 heavy (non-hydrogen) atoms. The summed E-state index contributed by atoms with van der Waals surface area (Å²) >= 11 is 0. The Bertz CT molecular complexity index is 808. The number of hydrogen-bond donors (Lipinski definition) is 1. The Morgan fingerprint density at radius 1 is 1.07 bits per heavy atom. The monoisotopic (exact) mass is 378 g/mol. The molecule has 1 nitrogen and oxygen atoms in total. The second-order valence-electron chi connectivity index (χ2n) is 12.2. The summed E-state index contributed by atoms with van der Waals surface area (Å²) in [5.74, 6) is 1.85. The molecule has 0 amide bonds. The van der Waals surface area contributed by atoms with E-state index >= 15 is 0 Å². The molecule has 6 unspecified atom stereocenters. The van der Waals surface area contributed by atoms with Crippen molar-refractivity contribution in [2.45, 2.75) is 78.6 Å². The third-order valence-corrected chi connectivity index (χ3v) is 11.6. The summed E-state index contributed by atoms with van der Waals surface area (Å²) < 4.78 is 0. The molecule has 6 rings (SSSR count). The van der Waals surface area contributed by atoms with Gasteiger partial charge in [0.25, 0.3) is 0 Å². The second kappa shape index (κ2) is 5.08. The van der Waals surface area contributed by atoms with Gasteiger partial charge in [-0.1, -0.05) is 69.6 Å². The van der Waals surface area contributed by atoms with Gasteiger partial charge in [0, 0.05) is 17.4 Å². The van der Waals surface area contributed by atoms with Gasteiger partial charge in [0.2, 0.25) is 0 Å². The molecule has 0 radical (unpaired) electrons. The molecule has 0 heterocycles. The second-order valence-corrected chi connectivity index (χ2v) is 12.2. The van der Waals surface area contributed by atoms with Crippen LogP contribution >= 0.6 is 0 Å². The molecule has 0 saturated heterocycles. The fraction of sp³-hybridized carbons (Fsp3) is 0.778. The van der Waals surface area contributed by atoms with E-state index in [0.29, 0.717) is 29.3 Å². The van der Waals surface area contributed by atoms with Crippen LogP contribution in [0.15, 0.2) is 36.0 Å². The highest BCUT2D eigenvalue weighted by Crippen LogP contribution is 2.88. The van der Waals surface area contributed by atoms with Crippen LogP contribution in [0.25, 0.3) is 0 Å². The van der Waals surface area contributed by atoms with Crippen molar-refractivity contribution >= 4 is 0 Å². The van der Waals surface area contributed by atoms with Crippen molar-refractivity contribution in [3.63, 3.8) is 0 Å². The van der Waals surface area contributed by atoms with E-state index in [1.54, 1.807) is 5.57 Å². The topological polar surface area (TPSA) is 20.2 Å². The molecule has 1 heteroatoms. The Balaban J connectivity index is 1.56. The molecule has 6 aliphatic carbocycles. The van der Waals surface area contributed by atoms with Crippen LogP contribution in [0.4, 0.5) is 0 Å². The summed E-state index contributed by atoms with van der Waals surface area (Å²) in [6.45, 7) is 12.6. The van der Waals surface area contributed by atoms with Crippen LogP contribution in [0, 0.1) is 44.8 Å². The number of aliphatic hydroxyl groups is 1. The van der Waals surface area contributed by atoms with E-state index in [2.05, 4.69) is 45.6 Å². The van der Waals surface area contributed by atoms with Gasteiger partial charge >= 0.3 is 0 Å². The molecule has 0 aromatic rings. The van der Waals surface area contributed by atoms with E-state index in [4.69, 9.17) is 0 Å². The molecular formula is C27H38O. The normalized spacial score (nSPS) is 51.9. The highest BCUT2D eigenvalue weighted by molar-refractivity contribution is 5.56. The summed E-state index contributed by atoms with van der Waals surface area (Å²) in [7, 11) is 0. The Kier molecular flexibility index (Phi) is 3.26. The molecule has 4 saturated carbocycles. The molecule has 6 atom stereocenters. The molecule has 0 aromatic carbocycles. The summed E-state index contributed by atoms with van der Waals surface area (Å²) in [6, 6.07) is 0. The molecular weight excluding hydrogens is 340 g/mol. The van der Waals surface area contributed by atoms with Crippen LogP contribution in [-0.4, -0.2) is 11.7 Å². The van der Waals surface area contributed by atoms with Gasteiger partial charge in [0.15, 0.2) is 0 Å². The predicted molar refractivity (Wildman–Crippen MR) is 115 cm³/mol. The fourth-order valence-electron chi connectivity index (χ4n) is 10.6. The number of aliphatic hydroxyl groups excluding tert-OH is 1. The largest absolute Gasteiger partial charge is 0.396 e. The van der Waals surface area contributed by atoms with Crippen LogP contribution < -0.4 is 0 Å². The molecule has 0 aromatic heterocycles. The van der Waals surface area contributed by atoms with E-state index < -0.39 is 0 Å². The zero-order valence-electron chi connectivity index (χ0n) is 18.2. The maximum atomic E-state index is 10.8. The molecule has 0 aliphatic heterocycles. The summed E-state index contributed by atoms with van der Waals surface area (Å²) in [6.07, 6.45) is 19.7. The van der Waals surface area contributed by atoms with Gasteiger partial charge < -0.3 is 5.11 Å². The maximum absolute atomic E-state index is 10.8. The molecule has 0 bridgehead atoms. The fourth-order valence-corrected chi connectivity index (χ4v) is 10.6. The number of allylic oxidation sites excluding steroid dienone is 5. The molecule has 6 aliphatic rings. The van der Waals surface area contributed by atoms with Gasteiger partial charge in [0.1, 0.15) is 0 Å². The van der Waals surface area contributed by atoms with Crippen molar-refractivity contribution in [3.8, 4) is 0 Å². The Hall–Kier alpha value is -0.820. The highest BCUT2D eigenvalue weighted by Gasteiger charge is 2.82. The molecule has 3 spiro atoms. The van der Waals surface area contributed by atoms with Crippen molar-refractivity contribution in [1.29, 1.82) is 0 Å². The van der Waals surface area contributed by atoms with Crippen molar-refractivity contribution in [1.82, 2.24) is 0 Å². The first-order valence-electron chi connectivity index (χ1n) is 12.0. The first-order valence-corrected chi connectivity index (χ1v) is 12.0. The lowest BCUT2D eigenvalue weighted by molar-refractivity contribution is -0.0264. The average Bonchev–Trinajstić information content (AvgIpc) is 2.99. The Labute approximate surface area is 171 Å². The highest BCUT2D eigenvalue weighted by atomic mass is 16.3. The molecule has 4 fully saturated rings. The zero-order chi connectivity index (χ0) is 19.6. The maximum Gasteiger partial charge on any atom is 0.0473 e. The number of hydrogen-bond acceptors (Lipinski definition) is 1. The number of fused-ring (bicyclic) bond motifs is 1. The van der Waals surface area contributed by atoms with E-state index in [1.165, 1.54) is 63.4 Å². The minimum absolute atomic E-state index is 0.231. The van der Waals surface area contributed by atoms with Crippen molar-refractivity contribution in [2.75, 3.05) is 6.61 Å². The number of rotatable bonds is 1. The van der Waals surface area contributed by atoms with E-state index in [0.717, 1.165) is 5.92 Å². The lowest BCUT2D eigenvalue weighted by atomic mass is 9.42. The first kappa shape index (κ1) is 18.0. The van der Waals surface area contributed by atoms with Gasteiger partial charge in [-0.05, 0) is 78.9 Å². The summed E-state index contributed by atoms with van der Waals surface area (Å²) in [4.78, 5) is 0.